The van der Waals surface area contributed by atoms with E-state index in [9.17, 15) is 4.79 Å². The minimum Gasteiger partial charge on any atom is -0.297 e. The lowest BCUT2D eigenvalue weighted by Crippen LogP contribution is -2.41. The lowest BCUT2D eigenvalue weighted by molar-refractivity contribution is -0.121. The van der Waals surface area contributed by atoms with Gasteiger partial charge in [-0.2, -0.15) is 0 Å². The van der Waals surface area contributed by atoms with Gasteiger partial charge in [-0.1, -0.05) is 24.3 Å². The minimum absolute atomic E-state index is 0.128. The van der Waals surface area contributed by atoms with Gasteiger partial charge in [0, 0.05) is 0 Å². The van der Waals surface area contributed by atoms with Crippen molar-refractivity contribution >= 4 is 11.9 Å². The van der Waals surface area contributed by atoms with Gasteiger partial charge in [-0.05, 0) is 31.6 Å². The largest absolute Gasteiger partial charge is 0.297 e. The van der Waals surface area contributed by atoms with E-state index in [0.717, 1.165) is 10.6 Å². The first-order chi connectivity index (χ1) is 6.62. The third kappa shape index (κ3) is 1.37. The molecule has 1 unspecified atom stereocenters. The van der Waals surface area contributed by atoms with Gasteiger partial charge in [0.2, 0.25) is 0 Å². The highest BCUT2D eigenvalue weighted by Gasteiger charge is 2.28. The number of fused-ring (bicyclic) bond motifs is 1. The standard InChI is InChI=1S/C12H13NO/c1-9(14)12(2)8-7-10-5-3-4-6-11(10)13-12/h3-7H,8H2,1-2H3. The van der Waals surface area contributed by atoms with E-state index in [4.69, 9.17) is 0 Å². The van der Waals surface area contributed by atoms with Gasteiger partial charge in [0.05, 0.1) is 5.36 Å². The van der Waals surface area contributed by atoms with Crippen molar-refractivity contribution in [1.29, 1.82) is 0 Å². The van der Waals surface area contributed by atoms with Crippen molar-refractivity contribution in [3.8, 4) is 0 Å². The summed E-state index contributed by atoms with van der Waals surface area (Å²) in [6, 6.07) is 7.91. The second-order valence-electron chi connectivity index (χ2n) is 3.91. The van der Waals surface area contributed by atoms with Crippen LogP contribution in [0.5, 0.6) is 0 Å². The minimum atomic E-state index is -0.547. The zero-order chi connectivity index (χ0) is 10.2. The van der Waals surface area contributed by atoms with E-state index < -0.39 is 5.54 Å². The summed E-state index contributed by atoms with van der Waals surface area (Å²) in [5, 5.41) is 2.06. The molecule has 0 bridgehead atoms. The van der Waals surface area contributed by atoms with Crippen LogP contribution in [0.4, 0.5) is 0 Å². The molecule has 1 aliphatic rings. The van der Waals surface area contributed by atoms with Crippen LogP contribution in [0.3, 0.4) is 0 Å². The zero-order valence-electron chi connectivity index (χ0n) is 8.45. The third-order valence-electron chi connectivity index (χ3n) is 2.78. The second kappa shape index (κ2) is 3.05. The summed E-state index contributed by atoms with van der Waals surface area (Å²) in [4.78, 5) is 15.9. The van der Waals surface area contributed by atoms with Crippen LogP contribution < -0.4 is 10.6 Å². The zero-order valence-corrected chi connectivity index (χ0v) is 8.45. The Balaban J connectivity index is 2.64. The topological polar surface area (TPSA) is 29.4 Å². The number of carbonyl (C=O) groups excluding carboxylic acids is 1. The Labute approximate surface area is 83.0 Å². The number of Topliss-reactive ketones (excluding diaryl/α,β-unsaturated/α-hetero) is 1. The molecular weight excluding hydrogens is 174 g/mol. The Morgan fingerprint density at radius 2 is 2.14 bits per heavy atom. The van der Waals surface area contributed by atoms with Gasteiger partial charge in [-0.25, -0.2) is 0 Å². The van der Waals surface area contributed by atoms with Crippen LogP contribution in [0, 0.1) is 0 Å². The van der Waals surface area contributed by atoms with Gasteiger partial charge in [0.25, 0.3) is 0 Å². The van der Waals surface area contributed by atoms with Crippen LogP contribution in [0.25, 0.3) is 6.08 Å². The average molecular weight is 187 g/mol. The van der Waals surface area contributed by atoms with Crippen molar-refractivity contribution < 1.29 is 4.79 Å². The van der Waals surface area contributed by atoms with Gasteiger partial charge in [-0.3, -0.25) is 9.79 Å². The molecule has 2 nitrogen and oxygen atoms in total. The maximum atomic E-state index is 11.4. The number of ketones is 1. The quantitative estimate of drug-likeness (QED) is 0.640. The Morgan fingerprint density at radius 3 is 2.86 bits per heavy atom. The highest BCUT2D eigenvalue weighted by atomic mass is 16.1. The first-order valence-electron chi connectivity index (χ1n) is 4.78. The van der Waals surface area contributed by atoms with Crippen molar-refractivity contribution in [1.82, 2.24) is 0 Å². The van der Waals surface area contributed by atoms with Crippen LogP contribution >= 0.6 is 0 Å². The summed E-state index contributed by atoms with van der Waals surface area (Å²) in [5.41, 5.74) is -0.547. The molecule has 0 aromatic heterocycles. The van der Waals surface area contributed by atoms with E-state index >= 15 is 0 Å². The SMILES string of the molecule is CC(=O)C1(C)CC=c2ccccc2=N1. The number of carbonyl (C=O) groups is 1. The third-order valence-corrected chi connectivity index (χ3v) is 2.78. The molecule has 0 fully saturated rings. The van der Waals surface area contributed by atoms with Crippen LogP contribution in [0.15, 0.2) is 29.3 Å². The molecule has 72 valence electrons. The number of hydrogen-bond acceptors (Lipinski definition) is 2. The number of hydrogen-bond donors (Lipinski definition) is 0. The average Bonchev–Trinajstić information content (AvgIpc) is 2.17. The fraction of sp³-hybridized carbons (Fsp3) is 0.333. The lowest BCUT2D eigenvalue weighted by atomic mass is 9.91. The molecule has 0 amide bonds. The molecule has 1 aromatic carbocycles. The Hall–Kier alpha value is -1.44. The van der Waals surface area contributed by atoms with E-state index in [1.165, 1.54) is 0 Å². The van der Waals surface area contributed by atoms with Gasteiger partial charge in [0.15, 0.2) is 5.78 Å². The predicted molar refractivity (Wildman–Crippen MR) is 55.4 cm³/mol. The molecule has 0 aliphatic carbocycles. The Bertz CT molecular complexity index is 489. The molecule has 2 heteroatoms. The number of benzene rings is 1. The molecule has 1 aliphatic heterocycles. The summed E-state index contributed by atoms with van der Waals surface area (Å²) in [7, 11) is 0. The molecule has 0 saturated carbocycles. The highest BCUT2D eigenvalue weighted by Crippen LogP contribution is 2.17. The maximum absolute atomic E-state index is 11.4. The molecule has 1 heterocycles. The second-order valence-corrected chi connectivity index (χ2v) is 3.91. The molecule has 2 rings (SSSR count). The van der Waals surface area contributed by atoms with Crippen LogP contribution in [-0.2, 0) is 4.79 Å². The monoisotopic (exact) mass is 187 g/mol. The molecule has 0 N–H and O–H groups in total. The van der Waals surface area contributed by atoms with Crippen molar-refractivity contribution in [2.24, 2.45) is 4.99 Å². The Morgan fingerprint density at radius 1 is 1.43 bits per heavy atom. The van der Waals surface area contributed by atoms with E-state index in [2.05, 4.69) is 11.1 Å². The van der Waals surface area contributed by atoms with E-state index in [1.807, 2.05) is 31.2 Å². The van der Waals surface area contributed by atoms with Crippen molar-refractivity contribution in [2.75, 3.05) is 0 Å². The van der Waals surface area contributed by atoms with Crippen molar-refractivity contribution in [3.63, 3.8) is 0 Å². The summed E-state index contributed by atoms with van der Waals surface area (Å²) < 4.78 is 0. The van der Waals surface area contributed by atoms with Crippen LogP contribution in [0.1, 0.15) is 20.3 Å². The molecule has 0 spiro atoms. The number of rotatable bonds is 1. The van der Waals surface area contributed by atoms with E-state index in [-0.39, 0.29) is 5.78 Å². The van der Waals surface area contributed by atoms with Crippen molar-refractivity contribution in [3.05, 3.63) is 34.8 Å². The van der Waals surface area contributed by atoms with Gasteiger partial charge in [-0.15, -0.1) is 0 Å². The van der Waals surface area contributed by atoms with Crippen LogP contribution in [-0.4, -0.2) is 11.3 Å². The number of para-hydroxylation sites is 1. The summed E-state index contributed by atoms with van der Waals surface area (Å²) in [6.07, 6.45) is 2.79. The van der Waals surface area contributed by atoms with Gasteiger partial charge in [0.1, 0.15) is 5.54 Å². The lowest BCUT2D eigenvalue weighted by Gasteiger charge is -2.22. The molecule has 14 heavy (non-hydrogen) atoms. The summed E-state index contributed by atoms with van der Waals surface area (Å²) >= 11 is 0. The van der Waals surface area contributed by atoms with E-state index in [0.29, 0.717) is 6.42 Å². The molecule has 1 aromatic rings. The number of nitrogens with zero attached hydrogens (tertiary/aromatic N) is 1. The summed E-state index contributed by atoms with van der Waals surface area (Å²) in [6.45, 7) is 3.49. The van der Waals surface area contributed by atoms with Gasteiger partial charge < -0.3 is 0 Å². The fourth-order valence-corrected chi connectivity index (χ4v) is 1.60. The fourth-order valence-electron chi connectivity index (χ4n) is 1.60. The highest BCUT2D eigenvalue weighted by molar-refractivity contribution is 5.86. The van der Waals surface area contributed by atoms with Crippen molar-refractivity contribution in [2.45, 2.75) is 25.8 Å². The normalized spacial score (nSPS) is 24.4. The van der Waals surface area contributed by atoms with Crippen LogP contribution in [0.2, 0.25) is 0 Å². The van der Waals surface area contributed by atoms with Gasteiger partial charge >= 0.3 is 0 Å². The first-order valence-corrected chi connectivity index (χ1v) is 4.78. The summed E-state index contributed by atoms with van der Waals surface area (Å²) in [5.74, 6) is 0.128. The molecule has 0 radical (unpaired) electrons. The Kier molecular flexibility index (Phi) is 1.99. The predicted octanol–water partition coefficient (Wildman–Crippen LogP) is 0.838. The molecular formula is C12H13NO. The van der Waals surface area contributed by atoms with E-state index in [1.54, 1.807) is 6.92 Å². The first kappa shape index (κ1) is 9.13. The smallest absolute Gasteiger partial charge is 0.157 e. The molecule has 1 atom stereocenters. The maximum Gasteiger partial charge on any atom is 0.157 e. The molecule has 0 saturated heterocycles.